The fourth-order valence-corrected chi connectivity index (χ4v) is 3.87. The van der Waals surface area contributed by atoms with Crippen molar-refractivity contribution in [1.29, 1.82) is 0 Å². The summed E-state index contributed by atoms with van der Waals surface area (Å²) in [6.45, 7) is 0. The number of hydrogen-bond donors (Lipinski definition) is 1. The highest BCUT2D eigenvalue weighted by Crippen LogP contribution is 2.33. The van der Waals surface area contributed by atoms with Crippen molar-refractivity contribution in [3.8, 4) is 17.1 Å². The summed E-state index contributed by atoms with van der Waals surface area (Å²) in [4.78, 5) is 26.9. The van der Waals surface area contributed by atoms with Gasteiger partial charge in [-0.15, -0.1) is 0 Å². The van der Waals surface area contributed by atoms with E-state index < -0.39 is 11.8 Å². The molecule has 4 rings (SSSR count). The standard InChI is InChI=1S/C22H14Cl2N2O4S/c1-29-19-5-3-2-4-17(19)26-21(28)15(20(27)25-22(26)31)11-13-7-9-18(30-13)14-8-6-12(23)10-16(14)24/h2-11H,1H3,(H,25,27,31)/b15-11-. The van der Waals surface area contributed by atoms with Gasteiger partial charge in [0.1, 0.15) is 22.8 Å². The number of methoxy groups -OCH3 is 1. The Morgan fingerprint density at radius 3 is 2.61 bits per heavy atom. The normalized spacial score (nSPS) is 15.4. The molecule has 0 atom stereocenters. The van der Waals surface area contributed by atoms with Crippen LogP contribution in [0.4, 0.5) is 5.69 Å². The molecule has 3 aromatic rings. The number of carbonyl (C=O) groups excluding carboxylic acids is 2. The second-order valence-electron chi connectivity index (χ2n) is 6.46. The number of carbonyl (C=O) groups is 2. The van der Waals surface area contributed by atoms with E-state index in [1.165, 1.54) is 18.1 Å². The number of anilines is 1. The predicted molar refractivity (Wildman–Crippen MR) is 123 cm³/mol. The van der Waals surface area contributed by atoms with Gasteiger partial charge in [0.25, 0.3) is 11.8 Å². The average Bonchev–Trinajstić information content (AvgIpc) is 3.19. The number of ether oxygens (including phenoxy) is 1. The summed E-state index contributed by atoms with van der Waals surface area (Å²) in [5.41, 5.74) is 0.911. The summed E-state index contributed by atoms with van der Waals surface area (Å²) in [6, 6.07) is 15.2. The van der Waals surface area contributed by atoms with Gasteiger partial charge in [-0.1, -0.05) is 35.3 Å². The maximum atomic E-state index is 13.2. The van der Waals surface area contributed by atoms with Crippen LogP contribution in [0.15, 0.2) is 64.6 Å². The number of para-hydroxylation sites is 2. The SMILES string of the molecule is COc1ccccc1N1C(=O)/C(=C\c2ccc(-c3ccc(Cl)cc3Cl)o2)C(=O)NC1=S. The average molecular weight is 473 g/mol. The molecule has 1 aromatic heterocycles. The first-order valence-corrected chi connectivity index (χ1v) is 10.1. The number of halogens is 2. The first kappa shape index (κ1) is 21.1. The lowest BCUT2D eigenvalue weighted by atomic mass is 10.1. The van der Waals surface area contributed by atoms with E-state index in [1.807, 2.05) is 0 Å². The fourth-order valence-electron chi connectivity index (χ4n) is 3.10. The van der Waals surface area contributed by atoms with E-state index in [9.17, 15) is 9.59 Å². The summed E-state index contributed by atoms with van der Waals surface area (Å²) < 4.78 is 11.1. The highest BCUT2D eigenvalue weighted by molar-refractivity contribution is 7.80. The van der Waals surface area contributed by atoms with Gasteiger partial charge in [0.2, 0.25) is 0 Å². The molecule has 0 bridgehead atoms. The molecular weight excluding hydrogens is 459 g/mol. The second kappa shape index (κ2) is 8.55. The van der Waals surface area contributed by atoms with Crippen LogP contribution in [0, 0.1) is 0 Å². The molecule has 6 nitrogen and oxygen atoms in total. The molecule has 156 valence electrons. The molecule has 1 saturated heterocycles. The topological polar surface area (TPSA) is 71.8 Å². The molecule has 0 aliphatic carbocycles. The van der Waals surface area contributed by atoms with Gasteiger partial charge < -0.3 is 9.15 Å². The number of thiocarbonyl (C=S) groups is 1. The van der Waals surface area contributed by atoms with Crippen molar-refractivity contribution in [2.75, 3.05) is 12.0 Å². The van der Waals surface area contributed by atoms with E-state index in [-0.39, 0.29) is 10.7 Å². The zero-order valence-electron chi connectivity index (χ0n) is 16.0. The molecule has 1 aliphatic rings. The van der Waals surface area contributed by atoms with Gasteiger partial charge >= 0.3 is 0 Å². The third-order valence-corrected chi connectivity index (χ3v) is 5.37. The summed E-state index contributed by atoms with van der Waals surface area (Å²) in [6.07, 6.45) is 1.36. The Kier molecular flexibility index (Phi) is 5.82. The quantitative estimate of drug-likeness (QED) is 0.325. The van der Waals surface area contributed by atoms with Crippen molar-refractivity contribution in [3.05, 3.63) is 76.0 Å². The largest absolute Gasteiger partial charge is 0.495 e. The molecule has 0 saturated carbocycles. The van der Waals surface area contributed by atoms with Crippen molar-refractivity contribution >= 4 is 64.1 Å². The number of benzene rings is 2. The van der Waals surface area contributed by atoms with Crippen LogP contribution >= 0.6 is 35.4 Å². The van der Waals surface area contributed by atoms with E-state index in [4.69, 9.17) is 44.6 Å². The van der Waals surface area contributed by atoms with E-state index in [2.05, 4.69) is 5.32 Å². The van der Waals surface area contributed by atoms with Gasteiger partial charge in [0.15, 0.2) is 5.11 Å². The van der Waals surface area contributed by atoms with Crippen LogP contribution in [0.3, 0.4) is 0 Å². The van der Waals surface area contributed by atoms with Crippen LogP contribution in [0.2, 0.25) is 10.0 Å². The fraction of sp³-hybridized carbons (Fsp3) is 0.0455. The summed E-state index contributed by atoms with van der Waals surface area (Å²) in [5.74, 6) is -0.0164. The molecule has 31 heavy (non-hydrogen) atoms. The molecule has 2 aromatic carbocycles. The van der Waals surface area contributed by atoms with Gasteiger partial charge in [-0.25, -0.2) is 4.90 Å². The monoisotopic (exact) mass is 472 g/mol. The number of rotatable bonds is 4. The Morgan fingerprint density at radius 2 is 1.87 bits per heavy atom. The van der Waals surface area contributed by atoms with Crippen LogP contribution in [-0.4, -0.2) is 24.0 Å². The van der Waals surface area contributed by atoms with E-state index >= 15 is 0 Å². The van der Waals surface area contributed by atoms with Crippen LogP contribution in [-0.2, 0) is 9.59 Å². The summed E-state index contributed by atoms with van der Waals surface area (Å²) >= 11 is 17.4. The van der Waals surface area contributed by atoms with E-state index in [0.29, 0.717) is 38.6 Å². The second-order valence-corrected chi connectivity index (χ2v) is 7.69. The van der Waals surface area contributed by atoms with Crippen LogP contribution in [0.25, 0.3) is 17.4 Å². The minimum absolute atomic E-state index is 0.0373. The number of nitrogens with one attached hydrogen (secondary N) is 1. The van der Waals surface area contributed by atoms with Crippen molar-refractivity contribution in [2.45, 2.75) is 0 Å². The first-order chi connectivity index (χ1) is 14.9. The molecule has 0 radical (unpaired) electrons. The van der Waals surface area contributed by atoms with Crippen LogP contribution in [0.1, 0.15) is 5.76 Å². The van der Waals surface area contributed by atoms with Crippen molar-refractivity contribution in [1.82, 2.24) is 5.32 Å². The molecule has 9 heteroatoms. The van der Waals surface area contributed by atoms with Gasteiger partial charge in [-0.05, 0) is 60.8 Å². The molecule has 2 amide bonds. The molecule has 2 heterocycles. The van der Waals surface area contributed by atoms with Crippen molar-refractivity contribution in [3.63, 3.8) is 0 Å². The molecule has 0 unspecified atom stereocenters. The smallest absolute Gasteiger partial charge is 0.270 e. The lowest BCUT2D eigenvalue weighted by molar-refractivity contribution is -0.122. The van der Waals surface area contributed by atoms with Crippen LogP contribution in [0.5, 0.6) is 5.75 Å². The van der Waals surface area contributed by atoms with Crippen molar-refractivity contribution in [2.24, 2.45) is 0 Å². The van der Waals surface area contributed by atoms with E-state index in [0.717, 1.165) is 0 Å². The molecule has 1 N–H and O–H groups in total. The van der Waals surface area contributed by atoms with Crippen molar-refractivity contribution < 1.29 is 18.7 Å². The minimum Gasteiger partial charge on any atom is -0.495 e. The number of furan rings is 1. The Balaban J connectivity index is 1.70. The zero-order chi connectivity index (χ0) is 22.1. The van der Waals surface area contributed by atoms with Crippen LogP contribution < -0.4 is 15.0 Å². The zero-order valence-corrected chi connectivity index (χ0v) is 18.3. The van der Waals surface area contributed by atoms with E-state index in [1.54, 1.807) is 54.6 Å². The minimum atomic E-state index is -0.622. The summed E-state index contributed by atoms with van der Waals surface area (Å²) in [7, 11) is 1.48. The molecule has 1 fully saturated rings. The maximum absolute atomic E-state index is 13.2. The Labute approximate surface area is 193 Å². The van der Waals surface area contributed by atoms with Gasteiger partial charge in [0.05, 0.1) is 17.8 Å². The van der Waals surface area contributed by atoms with Gasteiger partial charge in [0, 0.05) is 10.6 Å². The Bertz CT molecular complexity index is 1250. The molecular formula is C22H14Cl2N2O4S. The third kappa shape index (κ3) is 4.07. The highest BCUT2D eigenvalue weighted by atomic mass is 35.5. The lowest BCUT2D eigenvalue weighted by Crippen LogP contribution is -2.54. The lowest BCUT2D eigenvalue weighted by Gasteiger charge is -2.29. The molecule has 0 spiro atoms. The summed E-state index contributed by atoms with van der Waals surface area (Å²) in [5, 5.41) is 3.41. The predicted octanol–water partition coefficient (Wildman–Crippen LogP) is 5.09. The van der Waals surface area contributed by atoms with Gasteiger partial charge in [-0.3, -0.25) is 14.9 Å². The first-order valence-electron chi connectivity index (χ1n) is 8.99. The Hall–Kier alpha value is -3.13. The molecule has 1 aliphatic heterocycles. The van der Waals surface area contributed by atoms with Gasteiger partial charge in [-0.2, -0.15) is 0 Å². The third-order valence-electron chi connectivity index (χ3n) is 4.54. The highest BCUT2D eigenvalue weighted by Gasteiger charge is 2.36. The number of nitrogens with zero attached hydrogens (tertiary/aromatic N) is 1. The number of hydrogen-bond acceptors (Lipinski definition) is 5. The Morgan fingerprint density at radius 1 is 1.10 bits per heavy atom. The number of amides is 2. The maximum Gasteiger partial charge on any atom is 0.270 e.